The van der Waals surface area contributed by atoms with Crippen LogP contribution in [0.3, 0.4) is 0 Å². The Kier molecular flexibility index (Phi) is 4.36. The fourth-order valence-electron chi connectivity index (χ4n) is 6.06. The van der Waals surface area contributed by atoms with Crippen LogP contribution in [0.25, 0.3) is 33.9 Å². The Labute approximate surface area is 205 Å². The number of aryl methyl sites for hydroxylation is 1. The molecule has 4 aromatic rings. The number of nitrogens with zero attached hydrogens (tertiary/aromatic N) is 2. The Balaban J connectivity index is 1.30. The zero-order valence-corrected chi connectivity index (χ0v) is 19.9. The lowest BCUT2D eigenvalue weighted by Crippen LogP contribution is -2.60. The fourth-order valence-corrected chi connectivity index (χ4v) is 6.06. The Morgan fingerprint density at radius 1 is 0.971 bits per heavy atom. The van der Waals surface area contributed by atoms with Gasteiger partial charge >= 0.3 is 0 Å². The van der Waals surface area contributed by atoms with E-state index >= 15 is 0 Å². The second-order valence-electron chi connectivity index (χ2n) is 10.7. The molecule has 0 unspecified atom stereocenters. The lowest BCUT2D eigenvalue weighted by molar-refractivity contribution is -0.106. The fraction of sp³-hybridized carbons (Fsp3) is 0.300. The molecule has 0 saturated heterocycles. The molecule has 0 radical (unpaired) electrons. The molecular formula is C30H29N3O2. The van der Waals surface area contributed by atoms with Crippen molar-refractivity contribution >= 4 is 0 Å². The van der Waals surface area contributed by atoms with Crippen LogP contribution in [-0.4, -0.2) is 20.3 Å². The Bertz CT molecular complexity index is 1430. The van der Waals surface area contributed by atoms with Gasteiger partial charge in [-0.3, -0.25) is 4.57 Å². The van der Waals surface area contributed by atoms with E-state index in [4.69, 9.17) is 15.5 Å². The number of aromatic nitrogens is 2. The van der Waals surface area contributed by atoms with Crippen LogP contribution < -0.4 is 10.5 Å². The van der Waals surface area contributed by atoms with E-state index in [2.05, 4.69) is 78.2 Å². The second-order valence-corrected chi connectivity index (χ2v) is 10.7. The van der Waals surface area contributed by atoms with Gasteiger partial charge in [-0.2, -0.15) is 0 Å². The number of nitrogens with two attached hydrogens (primary N) is 1. The summed E-state index contributed by atoms with van der Waals surface area (Å²) in [6.45, 7) is 2.50. The Hall–Kier alpha value is -3.41. The quantitative estimate of drug-likeness (QED) is 0.411. The van der Waals surface area contributed by atoms with Crippen LogP contribution >= 0.6 is 0 Å². The van der Waals surface area contributed by atoms with E-state index in [1.54, 1.807) is 0 Å². The molecule has 5 nitrogen and oxygen atoms in total. The highest BCUT2D eigenvalue weighted by Gasteiger charge is 2.58. The van der Waals surface area contributed by atoms with E-state index in [9.17, 15) is 5.11 Å². The van der Waals surface area contributed by atoms with Crippen molar-refractivity contribution in [1.82, 2.24) is 9.55 Å². The smallest absolute Gasteiger partial charge is 0.167 e. The summed E-state index contributed by atoms with van der Waals surface area (Å²) in [5, 5.41) is 10.8. The first kappa shape index (κ1) is 20.9. The summed E-state index contributed by atoms with van der Waals surface area (Å²) in [7, 11) is 0. The molecule has 3 aromatic carbocycles. The summed E-state index contributed by atoms with van der Waals surface area (Å²) in [6, 6.07) is 25.1. The molecule has 0 spiro atoms. The molecule has 0 bridgehead atoms. The van der Waals surface area contributed by atoms with E-state index < -0.39 is 11.1 Å². The number of imidazole rings is 1. The van der Waals surface area contributed by atoms with Crippen molar-refractivity contribution in [1.29, 1.82) is 0 Å². The van der Waals surface area contributed by atoms with Crippen molar-refractivity contribution in [2.75, 3.05) is 0 Å². The lowest BCUT2D eigenvalue weighted by Gasteiger charge is -2.52. The van der Waals surface area contributed by atoms with Gasteiger partial charge in [0.05, 0.1) is 22.6 Å². The predicted molar refractivity (Wildman–Crippen MR) is 137 cm³/mol. The van der Waals surface area contributed by atoms with Gasteiger partial charge in [0, 0.05) is 16.7 Å². The van der Waals surface area contributed by atoms with Crippen LogP contribution in [0.1, 0.15) is 36.8 Å². The zero-order valence-electron chi connectivity index (χ0n) is 19.9. The molecule has 7 rings (SSSR count). The van der Waals surface area contributed by atoms with E-state index in [-0.39, 0.29) is 0 Å². The third-order valence-electron chi connectivity index (χ3n) is 8.06. The highest BCUT2D eigenvalue weighted by Crippen LogP contribution is 2.57. The van der Waals surface area contributed by atoms with Crippen LogP contribution in [0.4, 0.5) is 0 Å². The van der Waals surface area contributed by atoms with Crippen LogP contribution in [-0.2, 0) is 12.3 Å². The van der Waals surface area contributed by atoms with Crippen molar-refractivity contribution < 1.29 is 9.84 Å². The monoisotopic (exact) mass is 463 g/mol. The van der Waals surface area contributed by atoms with Crippen molar-refractivity contribution in [2.45, 2.75) is 50.5 Å². The maximum Gasteiger partial charge on any atom is 0.167 e. The molecule has 3 aliphatic rings. The minimum atomic E-state index is -0.567. The van der Waals surface area contributed by atoms with Crippen molar-refractivity contribution in [3.63, 3.8) is 0 Å². The summed E-state index contributed by atoms with van der Waals surface area (Å²) in [6.07, 6.45) is 3.55. The summed E-state index contributed by atoms with van der Waals surface area (Å²) in [4.78, 5) is 5.16. The highest BCUT2D eigenvalue weighted by atomic mass is 16.5. The average molecular weight is 464 g/mol. The Morgan fingerprint density at radius 2 is 1.71 bits per heavy atom. The summed E-state index contributed by atoms with van der Waals surface area (Å²) in [5.41, 5.74) is 13.1. The number of hydrogen-bond acceptors (Lipinski definition) is 4. The van der Waals surface area contributed by atoms with Gasteiger partial charge in [-0.1, -0.05) is 60.7 Å². The van der Waals surface area contributed by atoms with Crippen molar-refractivity contribution in [3.8, 4) is 39.7 Å². The van der Waals surface area contributed by atoms with Crippen molar-refractivity contribution in [3.05, 3.63) is 83.9 Å². The SMILES string of the molecule is Cc1ccc2c(c1)OCn1c-2nc(-c2ccc(C3(N)CC(O)(C4CC4)C3)cc2)c1-c1ccccc1. The third kappa shape index (κ3) is 3.26. The van der Waals surface area contributed by atoms with E-state index in [1.807, 2.05) is 6.07 Å². The summed E-state index contributed by atoms with van der Waals surface area (Å²) < 4.78 is 8.32. The molecule has 1 aromatic heterocycles. The van der Waals surface area contributed by atoms with Crippen LogP contribution in [0.15, 0.2) is 72.8 Å². The number of rotatable bonds is 4. The van der Waals surface area contributed by atoms with E-state index in [1.165, 1.54) is 5.56 Å². The number of benzene rings is 3. The van der Waals surface area contributed by atoms with Gasteiger partial charge in [0.2, 0.25) is 0 Å². The van der Waals surface area contributed by atoms with Gasteiger partial charge in [0.15, 0.2) is 6.73 Å². The summed E-state index contributed by atoms with van der Waals surface area (Å²) in [5.74, 6) is 2.24. The van der Waals surface area contributed by atoms with Gasteiger partial charge in [0.25, 0.3) is 0 Å². The molecule has 0 amide bonds. The van der Waals surface area contributed by atoms with Gasteiger partial charge in [0.1, 0.15) is 11.6 Å². The highest BCUT2D eigenvalue weighted by molar-refractivity contribution is 5.83. The molecular weight excluding hydrogens is 434 g/mol. The van der Waals surface area contributed by atoms with Gasteiger partial charge in [-0.25, -0.2) is 4.98 Å². The zero-order chi connectivity index (χ0) is 23.8. The largest absolute Gasteiger partial charge is 0.472 e. The number of fused-ring (bicyclic) bond motifs is 3. The molecule has 2 heterocycles. The molecule has 35 heavy (non-hydrogen) atoms. The van der Waals surface area contributed by atoms with Crippen LogP contribution in [0.5, 0.6) is 5.75 Å². The molecule has 1 aliphatic heterocycles. The maximum atomic E-state index is 10.8. The molecule has 2 fully saturated rings. The molecule has 0 atom stereocenters. The second kappa shape index (κ2) is 7.30. The number of aliphatic hydroxyl groups is 1. The minimum absolute atomic E-state index is 0.423. The normalized spacial score (nSPS) is 24.8. The minimum Gasteiger partial charge on any atom is -0.472 e. The van der Waals surface area contributed by atoms with Gasteiger partial charge in [-0.15, -0.1) is 0 Å². The molecule has 2 saturated carbocycles. The topological polar surface area (TPSA) is 73.3 Å². The first-order valence-corrected chi connectivity index (χ1v) is 12.5. The first-order valence-electron chi connectivity index (χ1n) is 12.5. The standard InChI is InChI=1S/C30H29N3O2/c1-19-7-14-24-25(15-19)35-18-33-27(21-5-3-2-4-6-21)26(32-28(24)33)20-8-10-22(11-9-20)29(31)16-30(34,17-29)23-12-13-23/h2-11,14-15,23,34H,12-13,16-18,31H2,1H3. The molecule has 2 aliphatic carbocycles. The molecule has 176 valence electrons. The lowest BCUT2D eigenvalue weighted by atomic mass is 9.60. The average Bonchev–Trinajstić information content (AvgIpc) is 3.64. The van der Waals surface area contributed by atoms with Crippen LogP contribution in [0.2, 0.25) is 0 Å². The van der Waals surface area contributed by atoms with Gasteiger partial charge < -0.3 is 15.6 Å². The van der Waals surface area contributed by atoms with Crippen molar-refractivity contribution in [2.24, 2.45) is 11.7 Å². The number of hydrogen-bond donors (Lipinski definition) is 2. The summed E-state index contributed by atoms with van der Waals surface area (Å²) >= 11 is 0. The first-order chi connectivity index (χ1) is 16.9. The molecule has 5 heteroatoms. The van der Waals surface area contributed by atoms with E-state index in [0.717, 1.165) is 58.1 Å². The van der Waals surface area contributed by atoms with Gasteiger partial charge in [-0.05, 0) is 61.8 Å². The van der Waals surface area contributed by atoms with Crippen LogP contribution in [0, 0.1) is 12.8 Å². The molecule has 3 N–H and O–H groups in total. The third-order valence-corrected chi connectivity index (χ3v) is 8.06. The number of ether oxygens (including phenoxy) is 1. The maximum absolute atomic E-state index is 10.8. The predicted octanol–water partition coefficient (Wildman–Crippen LogP) is 5.63. The Morgan fingerprint density at radius 3 is 2.43 bits per heavy atom. The van der Waals surface area contributed by atoms with E-state index in [0.29, 0.717) is 25.5 Å².